The first-order valence-electron chi connectivity index (χ1n) is 7.07. The zero-order valence-corrected chi connectivity index (χ0v) is 12.5. The van der Waals surface area contributed by atoms with Gasteiger partial charge in [-0.05, 0) is 29.0 Å². The molecule has 0 radical (unpaired) electrons. The van der Waals surface area contributed by atoms with E-state index in [0.717, 1.165) is 11.5 Å². The van der Waals surface area contributed by atoms with E-state index >= 15 is 0 Å². The molecule has 0 fully saturated rings. The highest BCUT2D eigenvalue weighted by Gasteiger charge is 2.35. The summed E-state index contributed by atoms with van der Waals surface area (Å²) in [6.07, 6.45) is -3.46. The number of amides is 1. The van der Waals surface area contributed by atoms with Crippen molar-refractivity contribution in [3.8, 4) is 5.75 Å². The van der Waals surface area contributed by atoms with Crippen molar-refractivity contribution in [2.24, 2.45) is 5.10 Å². The highest BCUT2D eigenvalue weighted by Crippen LogP contribution is 2.30. The largest absolute Gasteiger partial charge is 0.507 e. The normalized spacial score (nSPS) is 12.0. The number of phenols is 1. The van der Waals surface area contributed by atoms with Crippen LogP contribution >= 0.6 is 0 Å². The summed E-state index contributed by atoms with van der Waals surface area (Å²) in [5.41, 5.74) is 2.43. The maximum atomic E-state index is 12.4. The fourth-order valence-corrected chi connectivity index (χ4v) is 2.24. The number of nitrogens with one attached hydrogen (secondary N) is 1. The zero-order chi connectivity index (χ0) is 18.0. The van der Waals surface area contributed by atoms with Gasteiger partial charge in [0, 0.05) is 5.56 Å². The molecule has 3 rings (SSSR count). The van der Waals surface area contributed by atoms with Gasteiger partial charge in [0.15, 0.2) is 5.76 Å². The summed E-state index contributed by atoms with van der Waals surface area (Å²) >= 11 is 0. The Morgan fingerprint density at radius 2 is 1.88 bits per heavy atom. The van der Waals surface area contributed by atoms with Gasteiger partial charge in [-0.2, -0.15) is 18.3 Å². The standard InChI is InChI=1S/C17H11F3N2O3/c18-17(19,20)15-8-7-14(25-15)16(24)22-21-9-12-11-4-2-1-3-10(11)5-6-13(12)23/h1-9,23H,(H,22,24)/b21-9+. The molecule has 0 aliphatic carbocycles. The third-order valence-electron chi connectivity index (χ3n) is 3.42. The van der Waals surface area contributed by atoms with E-state index in [1.165, 1.54) is 12.3 Å². The summed E-state index contributed by atoms with van der Waals surface area (Å²) in [7, 11) is 0. The average molecular weight is 348 g/mol. The first-order chi connectivity index (χ1) is 11.9. The second kappa shape index (κ2) is 6.31. The third kappa shape index (κ3) is 3.47. The predicted octanol–water partition coefficient (Wildman–Crippen LogP) is 3.92. The topological polar surface area (TPSA) is 74.8 Å². The number of aromatic hydroxyl groups is 1. The highest BCUT2D eigenvalue weighted by atomic mass is 19.4. The molecule has 25 heavy (non-hydrogen) atoms. The summed E-state index contributed by atoms with van der Waals surface area (Å²) in [4.78, 5) is 11.8. The van der Waals surface area contributed by atoms with Crippen LogP contribution in [0, 0.1) is 0 Å². The van der Waals surface area contributed by atoms with Gasteiger partial charge >= 0.3 is 12.1 Å². The van der Waals surface area contributed by atoms with Crippen molar-refractivity contribution in [1.29, 1.82) is 0 Å². The quantitative estimate of drug-likeness (QED) is 0.556. The number of alkyl halides is 3. The summed E-state index contributed by atoms with van der Waals surface area (Å²) < 4.78 is 41.8. The van der Waals surface area contributed by atoms with Gasteiger partial charge in [-0.1, -0.05) is 30.3 Å². The summed E-state index contributed by atoms with van der Waals surface area (Å²) in [6, 6.07) is 12.0. The number of hydrazone groups is 1. The lowest BCUT2D eigenvalue weighted by atomic mass is 10.0. The molecule has 128 valence electrons. The van der Waals surface area contributed by atoms with Crippen LogP contribution < -0.4 is 5.43 Å². The minimum Gasteiger partial charge on any atom is -0.507 e. The molecule has 0 saturated carbocycles. The molecule has 0 bridgehead atoms. The van der Waals surface area contributed by atoms with E-state index in [0.29, 0.717) is 17.0 Å². The number of hydrogen-bond donors (Lipinski definition) is 2. The molecule has 3 aromatic rings. The molecule has 2 N–H and O–H groups in total. The van der Waals surface area contributed by atoms with Crippen molar-refractivity contribution in [2.75, 3.05) is 0 Å². The molecule has 0 aliphatic heterocycles. The van der Waals surface area contributed by atoms with Crippen LogP contribution in [-0.4, -0.2) is 17.2 Å². The number of benzene rings is 2. The molecule has 1 amide bonds. The summed E-state index contributed by atoms with van der Waals surface area (Å²) in [5.74, 6) is -2.78. The van der Waals surface area contributed by atoms with Crippen molar-refractivity contribution >= 4 is 22.9 Å². The fraction of sp³-hybridized carbons (Fsp3) is 0.0588. The van der Waals surface area contributed by atoms with Crippen molar-refractivity contribution in [3.05, 3.63) is 65.6 Å². The molecule has 0 unspecified atom stereocenters. The molecule has 0 saturated heterocycles. The van der Waals surface area contributed by atoms with E-state index in [1.807, 2.05) is 12.1 Å². The molecular weight excluding hydrogens is 337 g/mol. The van der Waals surface area contributed by atoms with Gasteiger partial charge < -0.3 is 9.52 Å². The lowest BCUT2D eigenvalue weighted by molar-refractivity contribution is -0.153. The van der Waals surface area contributed by atoms with Gasteiger partial charge in [0.1, 0.15) is 5.75 Å². The van der Waals surface area contributed by atoms with Crippen LogP contribution in [0.2, 0.25) is 0 Å². The number of rotatable bonds is 3. The van der Waals surface area contributed by atoms with Crippen LogP contribution in [0.4, 0.5) is 13.2 Å². The second-order valence-corrected chi connectivity index (χ2v) is 5.08. The Kier molecular flexibility index (Phi) is 4.18. The maximum Gasteiger partial charge on any atom is 0.449 e. The van der Waals surface area contributed by atoms with Crippen molar-refractivity contribution < 1.29 is 27.5 Å². The number of hydrogen-bond acceptors (Lipinski definition) is 4. The molecule has 0 aliphatic rings. The van der Waals surface area contributed by atoms with E-state index in [-0.39, 0.29) is 5.75 Å². The van der Waals surface area contributed by atoms with E-state index < -0.39 is 23.6 Å². The third-order valence-corrected chi connectivity index (χ3v) is 3.42. The molecule has 1 aromatic heterocycles. The summed E-state index contributed by atoms with van der Waals surface area (Å²) in [6.45, 7) is 0. The Hall–Kier alpha value is -3.29. The first-order valence-corrected chi connectivity index (χ1v) is 7.07. The van der Waals surface area contributed by atoms with Gasteiger partial charge in [-0.3, -0.25) is 4.79 Å². The monoisotopic (exact) mass is 348 g/mol. The van der Waals surface area contributed by atoms with E-state index in [9.17, 15) is 23.1 Å². The number of furan rings is 1. The average Bonchev–Trinajstić information content (AvgIpc) is 3.07. The van der Waals surface area contributed by atoms with Crippen LogP contribution in [0.5, 0.6) is 5.75 Å². The number of fused-ring (bicyclic) bond motifs is 1. The Balaban J connectivity index is 1.79. The first kappa shape index (κ1) is 16.6. The van der Waals surface area contributed by atoms with E-state index in [2.05, 4.69) is 14.9 Å². The number of carbonyl (C=O) groups excluding carboxylic acids is 1. The van der Waals surface area contributed by atoms with Crippen LogP contribution in [0.25, 0.3) is 10.8 Å². The smallest absolute Gasteiger partial charge is 0.449 e. The molecule has 0 atom stereocenters. The van der Waals surface area contributed by atoms with Crippen molar-refractivity contribution in [3.63, 3.8) is 0 Å². The number of nitrogens with zero attached hydrogens (tertiary/aromatic N) is 1. The lowest BCUT2D eigenvalue weighted by Crippen LogP contribution is -2.17. The molecule has 1 heterocycles. The van der Waals surface area contributed by atoms with Gasteiger partial charge in [0.2, 0.25) is 5.76 Å². The SMILES string of the molecule is O=C(N/N=C/c1c(O)ccc2ccccc12)c1ccc(C(F)(F)F)o1. The minimum absolute atomic E-state index is 0.0472. The molecule has 0 spiro atoms. The highest BCUT2D eigenvalue weighted by molar-refractivity contribution is 6.02. The molecule has 5 nitrogen and oxygen atoms in total. The Morgan fingerprint density at radius 1 is 1.12 bits per heavy atom. The van der Waals surface area contributed by atoms with E-state index in [4.69, 9.17) is 0 Å². The van der Waals surface area contributed by atoms with Gasteiger partial charge in [0.25, 0.3) is 0 Å². The van der Waals surface area contributed by atoms with E-state index in [1.54, 1.807) is 18.2 Å². The van der Waals surface area contributed by atoms with Gasteiger partial charge in [-0.15, -0.1) is 0 Å². The van der Waals surface area contributed by atoms with Crippen LogP contribution in [0.15, 0.2) is 58.0 Å². The van der Waals surface area contributed by atoms with Crippen molar-refractivity contribution in [2.45, 2.75) is 6.18 Å². The zero-order valence-electron chi connectivity index (χ0n) is 12.5. The second-order valence-electron chi connectivity index (χ2n) is 5.08. The number of phenolic OH excluding ortho intramolecular Hbond substituents is 1. The fourth-order valence-electron chi connectivity index (χ4n) is 2.24. The van der Waals surface area contributed by atoms with Crippen molar-refractivity contribution in [1.82, 2.24) is 5.43 Å². The van der Waals surface area contributed by atoms with Gasteiger partial charge in [-0.25, -0.2) is 5.43 Å². The molecule has 8 heteroatoms. The number of carbonyl (C=O) groups is 1. The Bertz CT molecular complexity index is 961. The van der Waals surface area contributed by atoms with Crippen LogP contribution in [0.1, 0.15) is 21.9 Å². The number of halogens is 3. The van der Waals surface area contributed by atoms with Crippen LogP contribution in [0.3, 0.4) is 0 Å². The van der Waals surface area contributed by atoms with Crippen LogP contribution in [-0.2, 0) is 6.18 Å². The summed E-state index contributed by atoms with van der Waals surface area (Å²) in [5, 5.41) is 15.2. The molecule has 2 aromatic carbocycles. The maximum absolute atomic E-state index is 12.4. The Labute approximate surface area is 139 Å². The predicted molar refractivity (Wildman–Crippen MR) is 84.4 cm³/mol. The minimum atomic E-state index is -4.67. The Morgan fingerprint density at radius 3 is 2.60 bits per heavy atom. The molecular formula is C17H11F3N2O3. The lowest BCUT2D eigenvalue weighted by Gasteiger charge is -2.04. The van der Waals surface area contributed by atoms with Gasteiger partial charge in [0.05, 0.1) is 6.21 Å².